The van der Waals surface area contributed by atoms with E-state index in [1.54, 1.807) is 11.3 Å². The van der Waals surface area contributed by atoms with Crippen molar-refractivity contribution in [3.63, 3.8) is 0 Å². The lowest BCUT2D eigenvalue weighted by molar-refractivity contribution is 0.0696. The summed E-state index contributed by atoms with van der Waals surface area (Å²) in [4.78, 5) is 16.9. The maximum Gasteiger partial charge on any atom is 0.335 e. The lowest BCUT2D eigenvalue weighted by Crippen LogP contribution is -2.31. The number of thiazole rings is 1. The molecular weight excluding hydrogens is 486 g/mol. The first kappa shape index (κ1) is 23.5. The van der Waals surface area contributed by atoms with Crippen molar-refractivity contribution in [3.05, 3.63) is 81.3 Å². The van der Waals surface area contributed by atoms with E-state index < -0.39 is 16.2 Å². The van der Waals surface area contributed by atoms with Gasteiger partial charge in [0.05, 0.1) is 37.1 Å². The molecule has 182 valence electrons. The highest BCUT2D eigenvalue weighted by molar-refractivity contribution is 7.90. The highest BCUT2D eigenvalue weighted by atomic mass is 32.2. The van der Waals surface area contributed by atoms with Crippen LogP contribution in [0.1, 0.15) is 56.7 Å². The van der Waals surface area contributed by atoms with Crippen LogP contribution in [0.3, 0.4) is 0 Å². The van der Waals surface area contributed by atoms with Gasteiger partial charge < -0.3 is 9.84 Å². The van der Waals surface area contributed by atoms with Crippen LogP contribution in [0.15, 0.2) is 54.6 Å². The van der Waals surface area contributed by atoms with Crippen LogP contribution in [0.4, 0.5) is 5.69 Å². The number of rotatable bonds is 7. The zero-order valence-corrected chi connectivity index (χ0v) is 20.7. The van der Waals surface area contributed by atoms with Crippen LogP contribution in [0.25, 0.3) is 5.57 Å². The number of methoxy groups -OCH3 is 1. The normalized spacial score (nSPS) is 18.1. The summed E-state index contributed by atoms with van der Waals surface area (Å²) in [6.45, 7) is 0.439. The number of nitrogens with zero attached hydrogens (tertiary/aromatic N) is 2. The van der Waals surface area contributed by atoms with Gasteiger partial charge in [-0.15, -0.1) is 11.3 Å². The Bertz CT molecular complexity index is 1380. The average Bonchev–Trinajstić information content (AvgIpc) is 3.45. The molecule has 2 heterocycles. The Kier molecular flexibility index (Phi) is 6.35. The third-order valence-electron chi connectivity index (χ3n) is 6.41. The predicted molar refractivity (Wildman–Crippen MR) is 135 cm³/mol. The molecular formula is C25H25N3O5S2. The number of ether oxygens (including phenoxy) is 1. The van der Waals surface area contributed by atoms with Gasteiger partial charge in [0.25, 0.3) is 0 Å². The third kappa shape index (κ3) is 4.82. The first-order chi connectivity index (χ1) is 16.8. The smallest absolute Gasteiger partial charge is 0.335 e. The summed E-state index contributed by atoms with van der Waals surface area (Å²) in [7, 11) is -2.52. The van der Waals surface area contributed by atoms with Gasteiger partial charge in [-0.2, -0.15) is 12.7 Å². The average molecular weight is 512 g/mol. The number of aromatic nitrogens is 1. The quantitative estimate of drug-likeness (QED) is 0.468. The molecule has 1 aromatic heterocycles. The van der Waals surface area contributed by atoms with Crippen molar-refractivity contribution in [1.29, 1.82) is 0 Å². The number of anilines is 1. The van der Waals surface area contributed by atoms with Gasteiger partial charge in [-0.3, -0.25) is 4.72 Å². The number of carbonyl (C=O) groups is 1. The van der Waals surface area contributed by atoms with Gasteiger partial charge in [-0.1, -0.05) is 36.4 Å². The van der Waals surface area contributed by atoms with E-state index in [0.29, 0.717) is 5.92 Å². The molecule has 0 spiro atoms. The molecule has 1 aliphatic carbocycles. The molecule has 0 amide bonds. The molecule has 2 aliphatic rings. The van der Waals surface area contributed by atoms with Crippen LogP contribution in [0.5, 0.6) is 5.75 Å². The predicted octanol–water partition coefficient (Wildman–Crippen LogP) is 4.87. The monoisotopic (exact) mass is 511 g/mol. The van der Waals surface area contributed by atoms with E-state index in [9.17, 15) is 13.2 Å². The van der Waals surface area contributed by atoms with Gasteiger partial charge in [0.2, 0.25) is 0 Å². The molecule has 1 atom stereocenters. The van der Waals surface area contributed by atoms with Crippen LogP contribution >= 0.6 is 11.3 Å². The van der Waals surface area contributed by atoms with Crippen LogP contribution in [-0.2, 0) is 23.3 Å². The van der Waals surface area contributed by atoms with Crippen molar-refractivity contribution in [2.45, 2.75) is 38.3 Å². The molecule has 2 aromatic carbocycles. The molecule has 3 aromatic rings. The fourth-order valence-electron chi connectivity index (χ4n) is 4.49. The van der Waals surface area contributed by atoms with Crippen molar-refractivity contribution in [1.82, 2.24) is 9.29 Å². The van der Waals surface area contributed by atoms with E-state index in [0.717, 1.165) is 34.8 Å². The molecule has 0 fully saturated rings. The Hall–Kier alpha value is -3.21. The minimum atomic E-state index is -3.88. The lowest BCUT2D eigenvalue weighted by atomic mass is 9.85. The molecule has 10 heteroatoms. The van der Waals surface area contributed by atoms with Crippen molar-refractivity contribution < 1.29 is 23.1 Å². The van der Waals surface area contributed by atoms with Crippen molar-refractivity contribution in [2.75, 3.05) is 11.8 Å². The third-order valence-corrected chi connectivity index (χ3v) is 8.98. The first-order valence-corrected chi connectivity index (χ1v) is 13.5. The summed E-state index contributed by atoms with van der Waals surface area (Å²) < 4.78 is 35.1. The lowest BCUT2D eigenvalue weighted by Gasteiger charge is -2.21. The second-order valence-corrected chi connectivity index (χ2v) is 11.3. The maximum atomic E-state index is 13.0. The Morgan fingerprint density at radius 3 is 2.66 bits per heavy atom. The molecule has 35 heavy (non-hydrogen) atoms. The Balaban J connectivity index is 1.26. The largest absolute Gasteiger partial charge is 0.495 e. The molecule has 0 bridgehead atoms. The summed E-state index contributed by atoms with van der Waals surface area (Å²) in [5.74, 6) is -0.451. The second kappa shape index (κ2) is 9.44. The van der Waals surface area contributed by atoms with E-state index in [1.165, 1.54) is 40.8 Å². The van der Waals surface area contributed by atoms with Gasteiger partial charge in [-0.25, -0.2) is 9.78 Å². The van der Waals surface area contributed by atoms with E-state index in [4.69, 9.17) is 14.8 Å². The number of fused-ring (bicyclic) bond motifs is 1. The summed E-state index contributed by atoms with van der Waals surface area (Å²) in [6, 6.07) is 14.6. The molecule has 0 saturated heterocycles. The second-order valence-electron chi connectivity index (χ2n) is 8.60. The number of nitrogens with one attached hydrogen (secondary N) is 1. The molecule has 0 saturated carbocycles. The summed E-state index contributed by atoms with van der Waals surface area (Å²) in [5.41, 5.74) is 3.59. The highest BCUT2D eigenvalue weighted by Crippen LogP contribution is 2.40. The van der Waals surface area contributed by atoms with Gasteiger partial charge >= 0.3 is 16.2 Å². The molecule has 1 aliphatic heterocycles. The minimum absolute atomic E-state index is 0.0111. The molecule has 8 nitrogen and oxygen atoms in total. The minimum Gasteiger partial charge on any atom is -0.495 e. The van der Waals surface area contributed by atoms with Crippen molar-refractivity contribution in [2.24, 2.45) is 0 Å². The van der Waals surface area contributed by atoms with E-state index in [1.807, 2.05) is 6.07 Å². The van der Waals surface area contributed by atoms with Gasteiger partial charge in [0.15, 0.2) is 0 Å². The van der Waals surface area contributed by atoms with E-state index in [2.05, 4.69) is 35.1 Å². The highest BCUT2D eigenvalue weighted by Gasteiger charge is 2.33. The molecule has 5 rings (SSSR count). The Morgan fingerprint density at radius 1 is 1.20 bits per heavy atom. The number of carboxylic acid groups (broad SMARTS) is 1. The Labute approximate surface area is 208 Å². The number of hydrogen-bond acceptors (Lipinski definition) is 6. The SMILES string of the molecule is COc1cc(C(=O)O)ccc1NS(=O)(=O)N1Cc2nc(C3=CCC(c4ccccc4)CC3)sc2C1. The number of benzene rings is 2. The summed E-state index contributed by atoms with van der Waals surface area (Å²) in [6.07, 6.45) is 5.30. The first-order valence-electron chi connectivity index (χ1n) is 11.3. The van der Waals surface area contributed by atoms with Crippen LogP contribution in [-0.4, -0.2) is 35.9 Å². The van der Waals surface area contributed by atoms with Crippen LogP contribution in [0, 0.1) is 0 Å². The standard InChI is InChI=1S/C25H25N3O5S2/c1-33-22-13-19(25(29)30)11-12-20(22)27-35(31,32)28-14-21-23(15-28)34-24(26-21)18-9-7-17(8-10-18)16-5-3-2-4-6-16/h2-6,9,11-13,17,27H,7-8,10,14-15H2,1H3,(H,29,30). The zero-order valence-electron chi connectivity index (χ0n) is 19.1. The number of aromatic carboxylic acids is 1. The van der Waals surface area contributed by atoms with Crippen molar-refractivity contribution >= 4 is 38.8 Å². The van der Waals surface area contributed by atoms with Gasteiger partial charge in [0, 0.05) is 4.88 Å². The number of allylic oxidation sites excluding steroid dienone is 2. The number of carboxylic acids is 1. The Morgan fingerprint density at radius 2 is 2.00 bits per heavy atom. The molecule has 1 unspecified atom stereocenters. The summed E-state index contributed by atoms with van der Waals surface area (Å²) in [5, 5.41) is 10.1. The fourth-order valence-corrected chi connectivity index (χ4v) is 6.89. The van der Waals surface area contributed by atoms with E-state index >= 15 is 0 Å². The maximum absolute atomic E-state index is 13.0. The zero-order chi connectivity index (χ0) is 24.6. The topological polar surface area (TPSA) is 109 Å². The van der Waals surface area contributed by atoms with Gasteiger partial charge in [-0.05, 0) is 54.5 Å². The van der Waals surface area contributed by atoms with E-state index in [-0.39, 0.29) is 30.1 Å². The molecule has 0 radical (unpaired) electrons. The van der Waals surface area contributed by atoms with Gasteiger partial charge in [0.1, 0.15) is 10.8 Å². The van der Waals surface area contributed by atoms with Crippen LogP contribution < -0.4 is 9.46 Å². The van der Waals surface area contributed by atoms with Crippen molar-refractivity contribution in [3.8, 4) is 5.75 Å². The van der Waals surface area contributed by atoms with Crippen LogP contribution in [0.2, 0.25) is 0 Å². The number of hydrogen-bond donors (Lipinski definition) is 2. The fraction of sp³-hybridized carbons (Fsp3) is 0.280. The summed E-state index contributed by atoms with van der Waals surface area (Å²) >= 11 is 1.56. The molecule has 2 N–H and O–H groups in total.